The van der Waals surface area contributed by atoms with E-state index in [1.807, 2.05) is 4.90 Å². The van der Waals surface area contributed by atoms with E-state index in [1.165, 1.54) is 49.9 Å². The lowest BCUT2D eigenvalue weighted by atomic mass is 9.86. The van der Waals surface area contributed by atoms with E-state index in [1.54, 1.807) is 18.2 Å². The number of benzene rings is 1. The van der Waals surface area contributed by atoms with Gasteiger partial charge in [-0.25, -0.2) is 9.37 Å². The normalized spacial score (nSPS) is 21.1. The predicted octanol–water partition coefficient (Wildman–Crippen LogP) is 7.32. The molecule has 0 atom stereocenters. The number of hydrogen-bond donors (Lipinski definition) is 0. The van der Waals surface area contributed by atoms with Gasteiger partial charge in [0.05, 0.1) is 11.2 Å². The number of amides is 1. The van der Waals surface area contributed by atoms with E-state index >= 15 is 0 Å². The van der Waals surface area contributed by atoms with Gasteiger partial charge in [0.2, 0.25) is 0 Å². The third-order valence-electron chi connectivity index (χ3n) is 9.11. The third-order valence-corrected chi connectivity index (χ3v) is 9.11. The van der Waals surface area contributed by atoms with Crippen molar-refractivity contribution in [2.24, 2.45) is 5.92 Å². The van der Waals surface area contributed by atoms with Crippen LogP contribution in [-0.4, -0.2) is 45.9 Å². The Morgan fingerprint density at radius 2 is 1.76 bits per heavy atom. The molecular formula is C32H38FN3O2. The first kappa shape index (κ1) is 25.1. The molecule has 5 nitrogen and oxygen atoms in total. The summed E-state index contributed by atoms with van der Waals surface area (Å²) in [5.41, 5.74) is 4.98. The van der Waals surface area contributed by atoms with Gasteiger partial charge in [-0.3, -0.25) is 4.79 Å². The zero-order valence-corrected chi connectivity index (χ0v) is 22.9. The first-order chi connectivity index (χ1) is 18.1. The summed E-state index contributed by atoms with van der Waals surface area (Å²) in [6.07, 6.45) is 8.50. The molecule has 1 aromatic carbocycles. The molecule has 6 rings (SSSR count). The monoisotopic (exact) mass is 515 g/mol. The number of aromatic nitrogens is 1. The maximum absolute atomic E-state index is 13.9. The third kappa shape index (κ3) is 4.52. The predicted molar refractivity (Wildman–Crippen MR) is 148 cm³/mol. The van der Waals surface area contributed by atoms with Crippen molar-refractivity contribution in [1.29, 1.82) is 0 Å². The molecule has 2 aliphatic carbocycles. The highest BCUT2D eigenvalue weighted by atomic mass is 19.1. The molecule has 1 amide bonds. The topological polar surface area (TPSA) is 49.6 Å². The molecule has 6 heteroatoms. The van der Waals surface area contributed by atoms with E-state index in [-0.39, 0.29) is 22.7 Å². The maximum Gasteiger partial charge on any atom is 0.290 e. The fourth-order valence-electron chi connectivity index (χ4n) is 6.40. The number of hydrogen-bond acceptors (Lipinski definition) is 4. The number of rotatable bonds is 5. The molecular weight excluding hydrogens is 477 g/mol. The Hall–Kier alpha value is -3.15. The van der Waals surface area contributed by atoms with Crippen LogP contribution in [0.25, 0.3) is 22.4 Å². The largest absolute Gasteiger partial charge is 0.449 e. The van der Waals surface area contributed by atoms with Gasteiger partial charge in [-0.1, -0.05) is 32.8 Å². The molecule has 0 N–H and O–H groups in total. The van der Waals surface area contributed by atoms with E-state index in [9.17, 15) is 9.18 Å². The second kappa shape index (κ2) is 9.25. The van der Waals surface area contributed by atoms with Crippen LogP contribution in [0.2, 0.25) is 0 Å². The van der Waals surface area contributed by atoms with Gasteiger partial charge in [0.1, 0.15) is 11.3 Å². The molecule has 200 valence electrons. The van der Waals surface area contributed by atoms with Crippen molar-refractivity contribution in [2.75, 3.05) is 19.6 Å². The molecule has 0 radical (unpaired) electrons. The minimum Gasteiger partial charge on any atom is -0.449 e. The Labute approximate surface area is 224 Å². The van der Waals surface area contributed by atoms with Crippen LogP contribution < -0.4 is 0 Å². The Morgan fingerprint density at radius 1 is 1.05 bits per heavy atom. The van der Waals surface area contributed by atoms with Gasteiger partial charge in [0.15, 0.2) is 11.3 Å². The van der Waals surface area contributed by atoms with Crippen molar-refractivity contribution in [2.45, 2.75) is 76.7 Å². The van der Waals surface area contributed by atoms with Gasteiger partial charge >= 0.3 is 0 Å². The molecule has 1 saturated heterocycles. The Kier molecular flexibility index (Phi) is 6.12. The van der Waals surface area contributed by atoms with Crippen molar-refractivity contribution in [3.8, 4) is 11.3 Å². The molecule has 38 heavy (non-hydrogen) atoms. The lowest BCUT2D eigenvalue weighted by Gasteiger charge is -2.49. The summed E-state index contributed by atoms with van der Waals surface area (Å²) in [7, 11) is 0. The highest BCUT2D eigenvalue weighted by molar-refractivity contribution is 5.97. The van der Waals surface area contributed by atoms with Crippen LogP contribution in [0.1, 0.15) is 81.8 Å². The van der Waals surface area contributed by atoms with Crippen LogP contribution in [0.3, 0.4) is 0 Å². The molecule has 2 aromatic heterocycles. The first-order valence-electron chi connectivity index (χ1n) is 14.1. The molecule has 3 aromatic rings. The van der Waals surface area contributed by atoms with Gasteiger partial charge in [-0.05, 0) is 81.2 Å². The second-order valence-electron chi connectivity index (χ2n) is 12.5. The average molecular weight is 516 g/mol. The summed E-state index contributed by atoms with van der Waals surface area (Å²) in [4.78, 5) is 23.1. The van der Waals surface area contributed by atoms with Gasteiger partial charge in [0.25, 0.3) is 5.91 Å². The van der Waals surface area contributed by atoms with Gasteiger partial charge in [-0.2, -0.15) is 0 Å². The SMILES string of the molecule is C=C(C1CCCCC1)N1CCN(C(=O)c2cc3nc(-c4ccc(F)cc4)cc(C4(C)CC4)c3o2)C(C)(C)C1. The molecule has 0 unspecified atom stereocenters. The van der Waals surface area contributed by atoms with Crippen LogP contribution in [0, 0.1) is 11.7 Å². The zero-order valence-electron chi connectivity index (χ0n) is 22.9. The molecule has 2 saturated carbocycles. The number of carbonyl (C=O) groups excluding carboxylic acids is 1. The Morgan fingerprint density at radius 3 is 2.42 bits per heavy atom. The number of pyridine rings is 1. The number of carbonyl (C=O) groups is 1. The lowest BCUT2D eigenvalue weighted by Crippen LogP contribution is -2.61. The smallest absolute Gasteiger partial charge is 0.290 e. The molecule has 3 fully saturated rings. The van der Waals surface area contributed by atoms with Gasteiger partial charge in [-0.15, -0.1) is 0 Å². The molecule has 1 aliphatic heterocycles. The number of fused-ring (bicyclic) bond motifs is 1. The summed E-state index contributed by atoms with van der Waals surface area (Å²) in [5, 5.41) is 0. The minimum atomic E-state index is -0.357. The van der Waals surface area contributed by atoms with E-state index < -0.39 is 0 Å². The highest BCUT2D eigenvalue weighted by Gasteiger charge is 2.43. The quantitative estimate of drug-likeness (QED) is 0.357. The molecule has 0 spiro atoms. The molecule has 0 bridgehead atoms. The number of furan rings is 1. The molecule has 3 heterocycles. The minimum absolute atomic E-state index is 0.0124. The van der Waals surface area contributed by atoms with Crippen molar-refractivity contribution in [3.63, 3.8) is 0 Å². The van der Waals surface area contributed by atoms with E-state index in [0.29, 0.717) is 29.3 Å². The number of allylic oxidation sites excluding steroid dienone is 1. The Balaban J connectivity index is 1.28. The van der Waals surface area contributed by atoms with E-state index in [2.05, 4.69) is 38.3 Å². The van der Waals surface area contributed by atoms with Crippen LogP contribution >= 0.6 is 0 Å². The van der Waals surface area contributed by atoms with Gasteiger partial charge < -0.3 is 14.2 Å². The standard InChI is InChI=1S/C32H38FN3O2/c1-21(22-8-6-5-7-9-22)35-16-17-36(31(2,3)20-35)30(37)28-19-27-29(38-28)25(32(4)14-15-32)18-26(34-27)23-10-12-24(33)13-11-23/h10-13,18-19,22H,1,5-9,14-17,20H2,2-4H3. The second-order valence-corrected chi connectivity index (χ2v) is 12.5. The summed E-state index contributed by atoms with van der Waals surface area (Å²) in [5.74, 6) is 0.541. The van der Waals surface area contributed by atoms with Crippen LogP contribution in [0.4, 0.5) is 4.39 Å². The lowest BCUT2D eigenvalue weighted by molar-refractivity contribution is 0.0210. The number of piperazine rings is 1. The summed E-state index contributed by atoms with van der Waals surface area (Å²) < 4.78 is 19.9. The van der Waals surface area contributed by atoms with Crippen LogP contribution in [0.15, 0.2) is 53.1 Å². The summed E-state index contributed by atoms with van der Waals surface area (Å²) in [6, 6.07) is 10.3. The van der Waals surface area contributed by atoms with Gasteiger partial charge in [0, 0.05) is 42.5 Å². The summed E-state index contributed by atoms with van der Waals surface area (Å²) in [6.45, 7) is 13.2. The van der Waals surface area contributed by atoms with Crippen molar-refractivity contribution in [1.82, 2.24) is 14.8 Å². The van der Waals surface area contributed by atoms with Crippen LogP contribution in [-0.2, 0) is 5.41 Å². The van der Waals surface area contributed by atoms with E-state index in [0.717, 1.165) is 42.8 Å². The first-order valence-corrected chi connectivity index (χ1v) is 14.1. The van der Waals surface area contributed by atoms with Crippen molar-refractivity contribution >= 4 is 17.0 Å². The maximum atomic E-state index is 13.9. The molecule has 3 aliphatic rings. The van der Waals surface area contributed by atoms with Crippen molar-refractivity contribution < 1.29 is 13.6 Å². The fraction of sp³-hybridized carbons (Fsp3) is 0.500. The van der Waals surface area contributed by atoms with Crippen LogP contribution in [0.5, 0.6) is 0 Å². The summed E-state index contributed by atoms with van der Waals surface area (Å²) >= 11 is 0. The fourth-order valence-corrected chi connectivity index (χ4v) is 6.40. The van der Waals surface area contributed by atoms with E-state index in [4.69, 9.17) is 9.40 Å². The average Bonchev–Trinajstić information content (AvgIpc) is 3.51. The number of halogens is 1. The highest BCUT2D eigenvalue weighted by Crippen LogP contribution is 2.50. The zero-order chi connectivity index (χ0) is 26.7. The number of nitrogens with zero attached hydrogens (tertiary/aromatic N) is 3. The van der Waals surface area contributed by atoms with Crippen molar-refractivity contribution in [3.05, 3.63) is 65.8 Å². The Bertz CT molecular complexity index is 1380.